The summed E-state index contributed by atoms with van der Waals surface area (Å²) in [4.78, 5) is 5.33. The van der Waals surface area contributed by atoms with Crippen LogP contribution < -0.4 is 4.74 Å². The van der Waals surface area contributed by atoms with Crippen LogP contribution in [0.1, 0.15) is 0 Å². The zero-order valence-electron chi connectivity index (χ0n) is 8.62. The third-order valence-corrected chi connectivity index (χ3v) is 3.15. The molecule has 0 N–H and O–H groups in total. The molecule has 0 radical (unpaired) electrons. The Balaban J connectivity index is 2.10. The van der Waals surface area contributed by atoms with Crippen LogP contribution >= 0.6 is 11.3 Å². The van der Waals surface area contributed by atoms with E-state index in [1.54, 1.807) is 11.6 Å². The monoisotopic (exact) mass is 231 g/mol. The predicted molar refractivity (Wildman–Crippen MR) is 62.9 cm³/mol. The molecule has 5 heteroatoms. The Morgan fingerprint density at radius 2 is 2.06 bits per heavy atom. The molecule has 3 rings (SSSR count). The molecular formula is C11H9N3OS. The van der Waals surface area contributed by atoms with Crippen molar-refractivity contribution in [2.45, 2.75) is 0 Å². The Kier molecular flexibility index (Phi) is 2.11. The van der Waals surface area contributed by atoms with Gasteiger partial charge in [-0.15, -0.1) is 5.10 Å². The van der Waals surface area contributed by atoms with Crippen LogP contribution in [0.3, 0.4) is 0 Å². The maximum absolute atomic E-state index is 5.05. The smallest absolute Gasteiger partial charge is 0.294 e. The van der Waals surface area contributed by atoms with Gasteiger partial charge >= 0.3 is 0 Å². The lowest BCUT2D eigenvalue weighted by Gasteiger charge is -1.93. The zero-order valence-corrected chi connectivity index (χ0v) is 9.44. The standard InChI is InChI=1S/C11H9N3OS/c1-15-11-13-14-7-9(12-10(14)16-11)8-5-3-2-4-6-8/h2-7H,1H3. The van der Waals surface area contributed by atoms with Gasteiger partial charge in [-0.1, -0.05) is 30.3 Å². The summed E-state index contributed by atoms with van der Waals surface area (Å²) in [5, 5.41) is 4.85. The number of fused-ring (bicyclic) bond motifs is 1. The maximum atomic E-state index is 5.05. The molecule has 0 aliphatic rings. The van der Waals surface area contributed by atoms with E-state index in [2.05, 4.69) is 10.1 Å². The van der Waals surface area contributed by atoms with Crippen molar-refractivity contribution < 1.29 is 4.74 Å². The SMILES string of the molecule is COc1nn2cc(-c3ccccc3)nc2s1. The number of methoxy groups -OCH3 is 1. The number of hydrogen-bond acceptors (Lipinski definition) is 4. The fraction of sp³-hybridized carbons (Fsp3) is 0.0909. The minimum Gasteiger partial charge on any atom is -0.472 e. The Bertz CT molecular complexity index is 583. The molecule has 0 saturated carbocycles. The molecular weight excluding hydrogens is 222 g/mol. The Morgan fingerprint density at radius 1 is 1.25 bits per heavy atom. The van der Waals surface area contributed by atoms with Crippen molar-refractivity contribution in [2.24, 2.45) is 0 Å². The summed E-state index contributed by atoms with van der Waals surface area (Å²) < 4.78 is 6.79. The highest BCUT2D eigenvalue weighted by molar-refractivity contribution is 7.18. The minimum absolute atomic E-state index is 0.627. The molecule has 16 heavy (non-hydrogen) atoms. The van der Waals surface area contributed by atoms with E-state index >= 15 is 0 Å². The molecule has 1 aromatic carbocycles. The van der Waals surface area contributed by atoms with E-state index in [4.69, 9.17) is 4.74 Å². The van der Waals surface area contributed by atoms with E-state index in [-0.39, 0.29) is 0 Å². The second-order valence-corrected chi connectivity index (χ2v) is 4.21. The molecule has 0 spiro atoms. The number of nitrogens with zero attached hydrogens (tertiary/aromatic N) is 3. The fourth-order valence-electron chi connectivity index (χ4n) is 1.51. The summed E-state index contributed by atoms with van der Waals surface area (Å²) in [5.74, 6) is 0. The van der Waals surface area contributed by atoms with Gasteiger partial charge < -0.3 is 4.74 Å². The average molecular weight is 231 g/mol. The van der Waals surface area contributed by atoms with Crippen LogP contribution in [-0.2, 0) is 0 Å². The molecule has 80 valence electrons. The molecule has 0 saturated heterocycles. The summed E-state index contributed by atoms with van der Waals surface area (Å²) in [6.45, 7) is 0. The van der Waals surface area contributed by atoms with E-state index < -0.39 is 0 Å². The van der Waals surface area contributed by atoms with Gasteiger partial charge in [-0.25, -0.2) is 9.50 Å². The third kappa shape index (κ3) is 1.45. The second kappa shape index (κ2) is 3.61. The van der Waals surface area contributed by atoms with Gasteiger partial charge in [-0.2, -0.15) is 0 Å². The number of hydrogen-bond donors (Lipinski definition) is 0. The molecule has 0 unspecified atom stereocenters. The summed E-state index contributed by atoms with van der Waals surface area (Å²) >= 11 is 1.43. The fourth-order valence-corrected chi connectivity index (χ4v) is 2.21. The maximum Gasteiger partial charge on any atom is 0.294 e. The lowest BCUT2D eigenvalue weighted by Crippen LogP contribution is -1.84. The Hall–Kier alpha value is -1.88. The van der Waals surface area contributed by atoms with Crippen molar-refractivity contribution in [3.8, 4) is 16.5 Å². The van der Waals surface area contributed by atoms with Gasteiger partial charge in [-0.3, -0.25) is 0 Å². The van der Waals surface area contributed by atoms with E-state index in [0.29, 0.717) is 5.19 Å². The van der Waals surface area contributed by atoms with Crippen molar-refractivity contribution >= 4 is 16.3 Å². The predicted octanol–water partition coefficient (Wildman–Crippen LogP) is 2.47. The zero-order chi connectivity index (χ0) is 11.0. The van der Waals surface area contributed by atoms with Gasteiger partial charge in [0.15, 0.2) is 0 Å². The molecule has 4 nitrogen and oxygen atoms in total. The first-order valence-electron chi connectivity index (χ1n) is 4.82. The highest BCUT2D eigenvalue weighted by Gasteiger charge is 2.08. The van der Waals surface area contributed by atoms with Crippen molar-refractivity contribution in [3.63, 3.8) is 0 Å². The van der Waals surface area contributed by atoms with Crippen LogP contribution in [0.25, 0.3) is 16.2 Å². The Labute approximate surface area is 96.1 Å². The van der Waals surface area contributed by atoms with E-state index in [1.807, 2.05) is 36.5 Å². The van der Waals surface area contributed by atoms with Gasteiger partial charge in [0.1, 0.15) is 0 Å². The van der Waals surface area contributed by atoms with Gasteiger partial charge in [0.05, 0.1) is 19.0 Å². The summed E-state index contributed by atoms with van der Waals surface area (Å²) in [6.07, 6.45) is 1.91. The van der Waals surface area contributed by atoms with Crippen LogP contribution in [0.5, 0.6) is 5.19 Å². The lowest BCUT2D eigenvalue weighted by molar-refractivity contribution is 0.405. The number of benzene rings is 1. The summed E-state index contributed by atoms with van der Waals surface area (Å²) in [6, 6.07) is 10.0. The number of aromatic nitrogens is 3. The summed E-state index contributed by atoms with van der Waals surface area (Å²) in [7, 11) is 1.61. The van der Waals surface area contributed by atoms with Crippen LogP contribution in [0.4, 0.5) is 0 Å². The van der Waals surface area contributed by atoms with E-state index in [0.717, 1.165) is 16.2 Å². The van der Waals surface area contributed by atoms with Crippen LogP contribution in [0.2, 0.25) is 0 Å². The van der Waals surface area contributed by atoms with Gasteiger partial charge in [0, 0.05) is 5.56 Å². The molecule has 0 fully saturated rings. The molecule has 2 heterocycles. The van der Waals surface area contributed by atoms with Crippen molar-refractivity contribution in [3.05, 3.63) is 36.5 Å². The van der Waals surface area contributed by atoms with Crippen LogP contribution in [0.15, 0.2) is 36.5 Å². The molecule has 2 aromatic heterocycles. The largest absolute Gasteiger partial charge is 0.472 e. The van der Waals surface area contributed by atoms with Crippen LogP contribution in [0, 0.1) is 0 Å². The highest BCUT2D eigenvalue weighted by atomic mass is 32.1. The topological polar surface area (TPSA) is 39.4 Å². The van der Waals surface area contributed by atoms with Gasteiger partial charge in [0.2, 0.25) is 4.96 Å². The quantitative estimate of drug-likeness (QED) is 0.680. The highest BCUT2D eigenvalue weighted by Crippen LogP contribution is 2.24. The number of imidazole rings is 1. The Morgan fingerprint density at radius 3 is 2.75 bits per heavy atom. The molecule has 3 aromatic rings. The molecule has 0 aliphatic heterocycles. The van der Waals surface area contributed by atoms with Crippen molar-refractivity contribution in [1.29, 1.82) is 0 Å². The van der Waals surface area contributed by atoms with Crippen LogP contribution in [-0.4, -0.2) is 21.7 Å². The molecule has 0 aliphatic carbocycles. The number of ether oxygens (including phenoxy) is 1. The van der Waals surface area contributed by atoms with Gasteiger partial charge in [0.25, 0.3) is 5.19 Å². The second-order valence-electron chi connectivity index (χ2n) is 3.29. The summed E-state index contributed by atoms with van der Waals surface area (Å²) in [5.41, 5.74) is 2.03. The van der Waals surface area contributed by atoms with Gasteiger partial charge in [-0.05, 0) is 11.3 Å². The molecule has 0 amide bonds. The number of rotatable bonds is 2. The first-order valence-corrected chi connectivity index (χ1v) is 5.64. The molecule has 0 atom stereocenters. The first-order chi connectivity index (χ1) is 7.86. The average Bonchev–Trinajstić information content (AvgIpc) is 2.87. The lowest BCUT2D eigenvalue weighted by atomic mass is 10.2. The minimum atomic E-state index is 0.627. The first kappa shape index (κ1) is 9.35. The molecule has 0 bridgehead atoms. The van der Waals surface area contributed by atoms with E-state index in [9.17, 15) is 0 Å². The van der Waals surface area contributed by atoms with Crippen molar-refractivity contribution in [2.75, 3.05) is 7.11 Å². The third-order valence-electron chi connectivity index (χ3n) is 2.27. The normalized spacial score (nSPS) is 10.8. The van der Waals surface area contributed by atoms with Crippen molar-refractivity contribution in [1.82, 2.24) is 14.6 Å². The van der Waals surface area contributed by atoms with E-state index in [1.165, 1.54) is 11.3 Å².